The lowest BCUT2D eigenvalue weighted by atomic mass is 9.79. The van der Waals surface area contributed by atoms with E-state index in [1.807, 2.05) is 0 Å². The first kappa shape index (κ1) is 20.6. The number of nitriles is 1. The van der Waals surface area contributed by atoms with Crippen molar-refractivity contribution < 1.29 is 4.74 Å². The van der Waals surface area contributed by atoms with Crippen LogP contribution in [0.25, 0.3) is 5.69 Å². The summed E-state index contributed by atoms with van der Waals surface area (Å²) >= 11 is 6.05. The number of nitrogens with zero attached hydrogens (tertiary/aromatic N) is 5. The van der Waals surface area contributed by atoms with Gasteiger partial charge in [0.25, 0.3) is 5.56 Å². The van der Waals surface area contributed by atoms with Crippen LogP contribution in [-0.2, 0) is 17.7 Å². The average Bonchev–Trinajstić information content (AvgIpc) is 3.19. The Balaban J connectivity index is 1.89. The Hall–Kier alpha value is -2.63. The molecule has 158 valence electrons. The van der Waals surface area contributed by atoms with Gasteiger partial charge in [-0.15, -0.1) is 0 Å². The highest BCUT2D eigenvalue weighted by atomic mass is 35.5. The minimum Gasteiger partial charge on any atom is -0.381 e. The average molecular weight is 430 g/mol. The van der Waals surface area contributed by atoms with Crippen molar-refractivity contribution in [2.75, 3.05) is 31.2 Å². The van der Waals surface area contributed by atoms with E-state index in [9.17, 15) is 14.9 Å². The highest BCUT2D eigenvalue weighted by Gasteiger charge is 2.47. The number of ether oxygens (including phenoxy) is 1. The fraction of sp³-hybridized carbons (Fsp3) is 0.524. The molecular formula is C21H24ClN5O3. The summed E-state index contributed by atoms with van der Waals surface area (Å²) in [5.41, 5.74) is 0.0226. The normalized spacial score (nSPS) is 17.2. The lowest BCUT2D eigenvalue weighted by molar-refractivity contribution is 0.130. The van der Waals surface area contributed by atoms with Crippen LogP contribution in [0.2, 0.25) is 5.02 Å². The second-order valence-corrected chi connectivity index (χ2v) is 8.53. The second-order valence-electron chi connectivity index (χ2n) is 8.09. The molecule has 8 nitrogen and oxygen atoms in total. The Labute approximate surface area is 179 Å². The molecule has 0 bridgehead atoms. The molecule has 2 aromatic rings. The van der Waals surface area contributed by atoms with Crippen LogP contribution in [0.4, 0.5) is 5.82 Å². The van der Waals surface area contributed by atoms with Gasteiger partial charge in [0.05, 0.1) is 35.1 Å². The fourth-order valence-corrected chi connectivity index (χ4v) is 4.57. The zero-order valence-electron chi connectivity index (χ0n) is 16.9. The first-order valence-corrected chi connectivity index (χ1v) is 10.6. The van der Waals surface area contributed by atoms with Crippen LogP contribution < -0.4 is 16.1 Å². The number of unbranched alkanes of at least 4 members (excludes halogenated alkanes) is 1. The van der Waals surface area contributed by atoms with Gasteiger partial charge in [-0.25, -0.2) is 9.36 Å². The molecule has 0 amide bonds. The lowest BCUT2D eigenvalue weighted by Gasteiger charge is -2.49. The number of anilines is 1. The van der Waals surface area contributed by atoms with E-state index in [0.717, 1.165) is 43.5 Å². The van der Waals surface area contributed by atoms with Crippen molar-refractivity contribution in [2.24, 2.45) is 5.41 Å². The summed E-state index contributed by atoms with van der Waals surface area (Å²) in [6.07, 6.45) is 6.10. The SMILES string of the molecule is CCCCc1c(N2CC3(CCOC3)C2)n(CC#N)c(=O)n(-c2cncc(Cl)c2)c1=O. The topological polar surface area (TPSA) is 93.2 Å². The summed E-state index contributed by atoms with van der Waals surface area (Å²) in [5.74, 6) is 0.573. The van der Waals surface area contributed by atoms with Gasteiger partial charge in [0.15, 0.2) is 0 Å². The molecule has 2 saturated heterocycles. The van der Waals surface area contributed by atoms with E-state index in [1.54, 1.807) is 0 Å². The molecule has 0 aliphatic carbocycles. The van der Waals surface area contributed by atoms with Gasteiger partial charge in [0.1, 0.15) is 12.4 Å². The molecule has 9 heteroatoms. The van der Waals surface area contributed by atoms with Crippen LogP contribution in [0, 0.1) is 16.7 Å². The maximum atomic E-state index is 13.5. The Morgan fingerprint density at radius 2 is 2.13 bits per heavy atom. The van der Waals surface area contributed by atoms with Crippen molar-refractivity contribution in [1.82, 2.24) is 14.1 Å². The van der Waals surface area contributed by atoms with Crippen LogP contribution in [-0.4, -0.2) is 40.4 Å². The maximum absolute atomic E-state index is 13.5. The summed E-state index contributed by atoms with van der Waals surface area (Å²) in [4.78, 5) is 32.9. The summed E-state index contributed by atoms with van der Waals surface area (Å²) < 4.78 is 8.06. The monoisotopic (exact) mass is 429 g/mol. The zero-order valence-corrected chi connectivity index (χ0v) is 17.7. The number of hydrogen-bond donors (Lipinski definition) is 0. The molecule has 0 aromatic carbocycles. The first-order valence-electron chi connectivity index (χ1n) is 10.2. The van der Waals surface area contributed by atoms with Crippen molar-refractivity contribution in [1.29, 1.82) is 5.26 Å². The standard InChI is InChI=1S/C21H24ClN5O3/c1-2-3-4-17-18(25-12-21(13-25)5-8-30-14-21)26(7-6-23)20(29)27(19(17)28)16-9-15(22)10-24-11-16/h9-11H,2-5,7-8,12-14H2,1H3. The van der Waals surface area contributed by atoms with Gasteiger partial charge >= 0.3 is 5.69 Å². The van der Waals surface area contributed by atoms with E-state index in [4.69, 9.17) is 16.3 Å². The minimum absolute atomic E-state index is 0.0846. The van der Waals surface area contributed by atoms with Gasteiger partial charge in [-0.2, -0.15) is 5.26 Å². The van der Waals surface area contributed by atoms with Gasteiger partial charge < -0.3 is 9.64 Å². The first-order chi connectivity index (χ1) is 14.5. The second kappa shape index (κ2) is 8.25. The molecule has 2 aliphatic heterocycles. The van der Waals surface area contributed by atoms with E-state index >= 15 is 0 Å². The number of pyridine rings is 1. The minimum atomic E-state index is -0.551. The lowest BCUT2D eigenvalue weighted by Crippen LogP contribution is -2.59. The van der Waals surface area contributed by atoms with E-state index in [0.29, 0.717) is 35.1 Å². The molecule has 2 aromatic heterocycles. The molecule has 4 heterocycles. The zero-order chi connectivity index (χ0) is 21.3. The molecule has 0 radical (unpaired) electrons. The predicted octanol–water partition coefficient (Wildman–Crippen LogP) is 2.14. The molecule has 0 N–H and O–H groups in total. The van der Waals surface area contributed by atoms with Crippen molar-refractivity contribution in [3.63, 3.8) is 0 Å². The van der Waals surface area contributed by atoms with Gasteiger partial charge in [-0.05, 0) is 25.3 Å². The van der Waals surface area contributed by atoms with Gasteiger partial charge in [-0.3, -0.25) is 14.3 Å². The predicted molar refractivity (Wildman–Crippen MR) is 113 cm³/mol. The van der Waals surface area contributed by atoms with E-state index in [-0.39, 0.29) is 17.5 Å². The van der Waals surface area contributed by atoms with E-state index < -0.39 is 5.69 Å². The summed E-state index contributed by atoms with van der Waals surface area (Å²) in [6, 6.07) is 3.61. The molecule has 1 spiro atoms. The van der Waals surface area contributed by atoms with E-state index in [2.05, 4.69) is 22.9 Å². The summed E-state index contributed by atoms with van der Waals surface area (Å²) in [6.45, 7) is 4.80. The van der Waals surface area contributed by atoms with Crippen LogP contribution >= 0.6 is 11.6 Å². The molecule has 0 unspecified atom stereocenters. The highest BCUT2D eigenvalue weighted by molar-refractivity contribution is 6.30. The summed E-state index contributed by atoms with van der Waals surface area (Å²) in [5, 5.41) is 9.75. The van der Waals surface area contributed by atoms with Crippen LogP contribution in [0.15, 0.2) is 28.0 Å². The number of hydrogen-bond acceptors (Lipinski definition) is 6. The Kier molecular flexibility index (Phi) is 5.67. The van der Waals surface area contributed by atoms with Gasteiger partial charge in [0, 0.05) is 31.3 Å². The molecule has 0 saturated carbocycles. The third kappa shape index (κ3) is 3.53. The largest absolute Gasteiger partial charge is 0.381 e. The third-order valence-electron chi connectivity index (χ3n) is 5.90. The fourth-order valence-electron chi connectivity index (χ4n) is 4.40. The Morgan fingerprint density at radius 1 is 1.33 bits per heavy atom. The Morgan fingerprint density at radius 3 is 2.77 bits per heavy atom. The molecule has 2 fully saturated rings. The maximum Gasteiger partial charge on any atom is 0.338 e. The molecular weight excluding hydrogens is 406 g/mol. The smallest absolute Gasteiger partial charge is 0.338 e. The van der Waals surface area contributed by atoms with Crippen molar-refractivity contribution in [2.45, 2.75) is 39.2 Å². The van der Waals surface area contributed by atoms with Crippen molar-refractivity contribution in [3.8, 4) is 11.8 Å². The van der Waals surface area contributed by atoms with Crippen molar-refractivity contribution >= 4 is 17.4 Å². The van der Waals surface area contributed by atoms with Gasteiger partial charge in [-0.1, -0.05) is 24.9 Å². The molecule has 2 aliphatic rings. The third-order valence-corrected chi connectivity index (χ3v) is 6.11. The number of aromatic nitrogens is 3. The molecule has 0 atom stereocenters. The number of rotatable bonds is 6. The molecule has 30 heavy (non-hydrogen) atoms. The van der Waals surface area contributed by atoms with Crippen LogP contribution in [0.5, 0.6) is 0 Å². The van der Waals surface area contributed by atoms with Crippen LogP contribution in [0.3, 0.4) is 0 Å². The Bertz CT molecular complexity index is 1100. The highest BCUT2D eigenvalue weighted by Crippen LogP contribution is 2.41. The summed E-state index contributed by atoms with van der Waals surface area (Å²) in [7, 11) is 0. The van der Waals surface area contributed by atoms with Crippen molar-refractivity contribution in [3.05, 3.63) is 49.9 Å². The van der Waals surface area contributed by atoms with Crippen LogP contribution in [0.1, 0.15) is 31.7 Å². The molecule has 4 rings (SSSR count). The van der Waals surface area contributed by atoms with E-state index in [1.165, 1.54) is 23.0 Å². The quantitative estimate of drug-likeness (QED) is 0.698. The number of halogens is 1. The van der Waals surface area contributed by atoms with Gasteiger partial charge in [0.2, 0.25) is 0 Å².